The van der Waals surface area contributed by atoms with Gasteiger partial charge >= 0.3 is 0 Å². The summed E-state index contributed by atoms with van der Waals surface area (Å²) in [6.07, 6.45) is -5.87. The van der Waals surface area contributed by atoms with Gasteiger partial charge in [-0.05, 0) is 0 Å². The Morgan fingerprint density at radius 3 is 2.56 bits per heavy atom. The minimum Gasteiger partial charge on any atom is -0.394 e. The fourth-order valence-electron chi connectivity index (χ4n) is 1.58. The molecule has 7 N–H and O–H groups in total. The van der Waals surface area contributed by atoms with Gasteiger partial charge in [0.1, 0.15) is 18.3 Å². The molecular formula is C8H16N2O6. The first kappa shape index (κ1) is 13.3. The molecule has 0 saturated carbocycles. The zero-order valence-corrected chi connectivity index (χ0v) is 8.70. The molecule has 16 heavy (non-hydrogen) atoms. The third-order valence-electron chi connectivity index (χ3n) is 2.47. The predicted octanol–water partition coefficient (Wildman–Crippen LogP) is -3.79. The predicted molar refractivity (Wildman–Crippen MR) is 50.7 cm³/mol. The van der Waals surface area contributed by atoms with Crippen LogP contribution in [-0.2, 0) is 9.53 Å². The maximum atomic E-state index is 10.8. The lowest BCUT2D eigenvalue weighted by atomic mass is 9.92. The van der Waals surface area contributed by atoms with Gasteiger partial charge in [0.05, 0.1) is 6.61 Å². The molecule has 1 rings (SSSR count). The van der Waals surface area contributed by atoms with Crippen LogP contribution in [0.5, 0.6) is 0 Å². The number of carbonyl (C=O) groups is 1. The summed E-state index contributed by atoms with van der Waals surface area (Å²) < 4.78 is 4.89. The Bertz CT molecular complexity index is 275. The van der Waals surface area contributed by atoms with Crippen LogP contribution < -0.4 is 11.1 Å². The van der Waals surface area contributed by atoms with Crippen LogP contribution in [0.15, 0.2) is 0 Å². The number of hydrogen-bond donors (Lipinski definition) is 6. The van der Waals surface area contributed by atoms with Gasteiger partial charge in [0, 0.05) is 6.92 Å². The maximum Gasteiger partial charge on any atom is 0.219 e. The number of aliphatic hydroxyl groups excluding tert-OH is 3. The van der Waals surface area contributed by atoms with Crippen molar-refractivity contribution in [1.29, 1.82) is 0 Å². The summed E-state index contributed by atoms with van der Waals surface area (Å²) in [4.78, 5) is 10.8. The Morgan fingerprint density at radius 1 is 1.56 bits per heavy atom. The van der Waals surface area contributed by atoms with E-state index >= 15 is 0 Å². The molecule has 0 aromatic carbocycles. The van der Waals surface area contributed by atoms with Gasteiger partial charge in [-0.2, -0.15) is 0 Å². The van der Waals surface area contributed by atoms with Crippen LogP contribution in [0.4, 0.5) is 0 Å². The summed E-state index contributed by atoms with van der Waals surface area (Å²) in [6.45, 7) is 0.546. The lowest BCUT2D eigenvalue weighted by Gasteiger charge is -2.46. The van der Waals surface area contributed by atoms with Crippen LogP contribution in [0.25, 0.3) is 0 Å². The third kappa shape index (κ3) is 2.17. The van der Waals surface area contributed by atoms with Gasteiger partial charge in [-0.3, -0.25) is 4.79 Å². The summed E-state index contributed by atoms with van der Waals surface area (Å²) in [5.74, 6) is -0.643. The van der Waals surface area contributed by atoms with Gasteiger partial charge in [0.2, 0.25) is 11.6 Å². The number of hydrogen-bond acceptors (Lipinski definition) is 7. The van der Waals surface area contributed by atoms with Crippen molar-refractivity contribution in [2.75, 3.05) is 6.61 Å². The molecule has 1 aliphatic heterocycles. The summed E-state index contributed by atoms with van der Waals surface area (Å²) in [5, 5.41) is 39.9. The maximum absolute atomic E-state index is 10.8. The Labute approximate surface area is 91.6 Å². The summed E-state index contributed by atoms with van der Waals surface area (Å²) in [7, 11) is 0. The van der Waals surface area contributed by atoms with Crippen LogP contribution in [-0.4, -0.2) is 63.2 Å². The highest BCUT2D eigenvalue weighted by Gasteiger charge is 2.54. The Morgan fingerprint density at radius 2 is 2.12 bits per heavy atom. The second-order valence-electron chi connectivity index (χ2n) is 3.72. The Hall–Kier alpha value is -0.770. The smallest absolute Gasteiger partial charge is 0.219 e. The number of nitrogens with one attached hydrogen (secondary N) is 1. The molecule has 1 unspecified atom stereocenters. The van der Waals surface area contributed by atoms with E-state index in [2.05, 4.69) is 0 Å². The Kier molecular flexibility index (Phi) is 3.84. The second kappa shape index (κ2) is 4.62. The molecule has 0 bridgehead atoms. The van der Waals surface area contributed by atoms with E-state index in [0.29, 0.717) is 0 Å². The monoisotopic (exact) mass is 236 g/mol. The highest BCUT2D eigenvalue weighted by molar-refractivity contribution is 5.73. The number of nitrogens with two attached hydrogens (primary N) is 1. The van der Waals surface area contributed by atoms with Crippen LogP contribution in [0, 0.1) is 0 Å². The largest absolute Gasteiger partial charge is 0.394 e. The van der Waals surface area contributed by atoms with Crippen molar-refractivity contribution in [2.45, 2.75) is 37.2 Å². The topological polar surface area (TPSA) is 145 Å². The first-order chi connectivity index (χ1) is 7.32. The van der Waals surface area contributed by atoms with Gasteiger partial charge in [0.15, 0.2) is 6.23 Å². The van der Waals surface area contributed by atoms with Crippen LogP contribution >= 0.6 is 0 Å². The molecule has 1 fully saturated rings. The average molecular weight is 236 g/mol. The molecule has 0 radical (unpaired) electrons. The van der Waals surface area contributed by atoms with Gasteiger partial charge in [-0.1, -0.05) is 0 Å². The summed E-state index contributed by atoms with van der Waals surface area (Å²) in [6, 6.07) is 0. The van der Waals surface area contributed by atoms with Gasteiger partial charge in [-0.15, -0.1) is 0 Å². The van der Waals surface area contributed by atoms with Gasteiger partial charge < -0.3 is 36.2 Å². The van der Waals surface area contributed by atoms with Crippen molar-refractivity contribution in [3.8, 4) is 0 Å². The highest BCUT2D eigenvalue weighted by Crippen LogP contribution is 2.25. The standard InChI is InChI=1S/C8H16N2O6/c1-3(12)10-8(15)6(14)5(13)4(2-11)16-7(8)9/h4-7,11,13-15H,2,9H2,1H3,(H,10,12)/t4-,5-,6+,7?,8-/m1/s1. The number of amides is 1. The molecule has 1 amide bonds. The first-order valence-corrected chi connectivity index (χ1v) is 4.72. The zero-order chi connectivity index (χ0) is 12.5. The molecule has 1 aliphatic rings. The normalized spacial score (nSPS) is 44.1. The molecule has 1 saturated heterocycles. The highest BCUT2D eigenvalue weighted by atomic mass is 16.6. The quantitative estimate of drug-likeness (QED) is 0.270. The minimum absolute atomic E-state index is 0.567. The number of aliphatic hydroxyl groups is 4. The fraction of sp³-hybridized carbons (Fsp3) is 0.875. The molecule has 94 valence electrons. The van der Waals surface area contributed by atoms with Crippen molar-refractivity contribution >= 4 is 5.91 Å². The number of ether oxygens (including phenoxy) is 1. The van der Waals surface area contributed by atoms with Crippen molar-refractivity contribution in [3.63, 3.8) is 0 Å². The molecule has 8 heteroatoms. The summed E-state index contributed by atoms with van der Waals surface area (Å²) in [5.41, 5.74) is 3.13. The van der Waals surface area contributed by atoms with Crippen molar-refractivity contribution in [1.82, 2.24) is 5.32 Å². The van der Waals surface area contributed by atoms with E-state index in [1.54, 1.807) is 0 Å². The fourth-order valence-corrected chi connectivity index (χ4v) is 1.58. The van der Waals surface area contributed by atoms with Crippen LogP contribution in [0.2, 0.25) is 0 Å². The van der Waals surface area contributed by atoms with Crippen LogP contribution in [0.1, 0.15) is 6.92 Å². The minimum atomic E-state index is -2.28. The molecule has 8 nitrogen and oxygen atoms in total. The molecule has 0 aliphatic carbocycles. The van der Waals surface area contributed by atoms with E-state index in [9.17, 15) is 20.1 Å². The molecule has 1 heterocycles. The zero-order valence-electron chi connectivity index (χ0n) is 8.70. The average Bonchev–Trinajstić information content (AvgIpc) is 2.20. The Balaban J connectivity index is 2.90. The van der Waals surface area contributed by atoms with E-state index in [4.69, 9.17) is 15.6 Å². The van der Waals surface area contributed by atoms with E-state index in [-0.39, 0.29) is 0 Å². The number of rotatable bonds is 2. The molecule has 5 atom stereocenters. The number of carbonyl (C=O) groups excluding carboxylic acids is 1. The van der Waals surface area contributed by atoms with Crippen molar-refractivity contribution in [2.24, 2.45) is 5.73 Å². The lowest BCUT2D eigenvalue weighted by Crippen LogP contribution is -2.75. The first-order valence-electron chi connectivity index (χ1n) is 4.72. The van der Waals surface area contributed by atoms with Gasteiger partial charge in [0.25, 0.3) is 0 Å². The lowest BCUT2D eigenvalue weighted by molar-refractivity contribution is -0.281. The van der Waals surface area contributed by atoms with Crippen molar-refractivity contribution in [3.05, 3.63) is 0 Å². The summed E-state index contributed by atoms with van der Waals surface area (Å²) >= 11 is 0. The van der Waals surface area contributed by atoms with E-state index in [0.717, 1.165) is 6.92 Å². The van der Waals surface area contributed by atoms with Crippen LogP contribution in [0.3, 0.4) is 0 Å². The van der Waals surface area contributed by atoms with E-state index in [1.807, 2.05) is 5.32 Å². The molecule has 0 aromatic rings. The second-order valence-corrected chi connectivity index (χ2v) is 3.72. The van der Waals surface area contributed by atoms with Crippen molar-refractivity contribution < 1.29 is 30.0 Å². The molecule has 0 spiro atoms. The third-order valence-corrected chi connectivity index (χ3v) is 2.47. The van der Waals surface area contributed by atoms with E-state index in [1.165, 1.54) is 0 Å². The molecule has 0 aromatic heterocycles. The molecular weight excluding hydrogens is 220 g/mol. The van der Waals surface area contributed by atoms with E-state index < -0.39 is 42.8 Å². The SMILES string of the molecule is CC(=O)N[C@]1(O)C(N)O[C@H](CO)[C@@H](O)[C@@H]1O. The van der Waals surface area contributed by atoms with Gasteiger partial charge in [-0.25, -0.2) is 0 Å².